The van der Waals surface area contributed by atoms with Gasteiger partial charge < -0.3 is 5.32 Å². The van der Waals surface area contributed by atoms with Crippen LogP contribution in [0.1, 0.15) is 25.7 Å². The molecule has 0 unspecified atom stereocenters. The number of rotatable bonds is 0. The quantitative estimate of drug-likeness (QED) is 0.623. The first-order valence-corrected chi connectivity index (χ1v) is 5.13. The highest BCUT2D eigenvalue weighted by atomic mass is 16.1. The molecule has 1 N–H and O–H groups in total. The average molecular weight is 190 g/mol. The normalized spacial score (nSPS) is 25.6. The molecule has 3 heteroatoms. The Morgan fingerprint density at radius 2 is 2.07 bits per heavy atom. The first-order valence-electron chi connectivity index (χ1n) is 5.13. The number of nitrogens with zero attached hydrogens (tertiary/aromatic N) is 1. The number of carbonyl (C=O) groups is 1. The standard InChI is InChI=1S/C11H14N2O/c12-8-9-7-11(2-1-10(9)14)3-5-13-6-4-11/h7,13H,1-6H2. The number of nitriles is 1. The number of carbonyl (C=O) groups excluding carboxylic acids is 1. The van der Waals surface area contributed by atoms with Crippen LogP contribution in [0.5, 0.6) is 0 Å². The van der Waals surface area contributed by atoms with E-state index in [1.165, 1.54) is 0 Å². The molecule has 1 aliphatic heterocycles. The van der Waals surface area contributed by atoms with Gasteiger partial charge >= 0.3 is 0 Å². The molecule has 0 amide bonds. The Morgan fingerprint density at radius 1 is 1.36 bits per heavy atom. The number of ketones is 1. The Balaban J connectivity index is 2.25. The molecule has 1 fully saturated rings. The van der Waals surface area contributed by atoms with Gasteiger partial charge in [0.05, 0.1) is 5.57 Å². The smallest absolute Gasteiger partial charge is 0.173 e. The molecule has 0 radical (unpaired) electrons. The van der Waals surface area contributed by atoms with E-state index in [0.717, 1.165) is 32.4 Å². The number of Topliss-reactive ketones (excluding diaryl/α,β-unsaturated/α-hetero) is 1. The van der Waals surface area contributed by atoms with Crippen LogP contribution in [0.2, 0.25) is 0 Å². The van der Waals surface area contributed by atoms with Gasteiger partial charge in [0, 0.05) is 6.42 Å². The van der Waals surface area contributed by atoms with Crippen LogP contribution in [0.25, 0.3) is 0 Å². The van der Waals surface area contributed by atoms with E-state index >= 15 is 0 Å². The zero-order valence-corrected chi connectivity index (χ0v) is 8.18. The molecule has 0 aromatic heterocycles. The van der Waals surface area contributed by atoms with Gasteiger partial charge in [-0.2, -0.15) is 5.26 Å². The van der Waals surface area contributed by atoms with Gasteiger partial charge in [-0.3, -0.25) is 4.79 Å². The number of nitrogens with one attached hydrogen (secondary N) is 1. The van der Waals surface area contributed by atoms with Crippen LogP contribution in [0.3, 0.4) is 0 Å². The Kier molecular flexibility index (Phi) is 2.39. The maximum absolute atomic E-state index is 11.3. The van der Waals surface area contributed by atoms with E-state index in [1.807, 2.05) is 12.1 Å². The molecule has 1 aliphatic carbocycles. The summed E-state index contributed by atoms with van der Waals surface area (Å²) in [5, 5.41) is 12.1. The van der Waals surface area contributed by atoms with Crippen molar-refractivity contribution in [3.05, 3.63) is 11.6 Å². The number of hydrogen-bond acceptors (Lipinski definition) is 3. The van der Waals surface area contributed by atoms with E-state index in [2.05, 4.69) is 5.32 Å². The highest BCUT2D eigenvalue weighted by Crippen LogP contribution is 2.39. The monoisotopic (exact) mass is 190 g/mol. The molecular weight excluding hydrogens is 176 g/mol. The predicted octanol–water partition coefficient (Wildman–Crippen LogP) is 1.17. The maximum Gasteiger partial charge on any atom is 0.173 e. The predicted molar refractivity (Wildman–Crippen MR) is 52.5 cm³/mol. The largest absolute Gasteiger partial charge is 0.317 e. The molecule has 0 aromatic carbocycles. The van der Waals surface area contributed by atoms with Gasteiger partial charge in [-0.05, 0) is 37.8 Å². The molecule has 1 saturated heterocycles. The SMILES string of the molecule is N#CC1=CC2(CCNCC2)CCC1=O. The van der Waals surface area contributed by atoms with Crippen molar-refractivity contribution < 1.29 is 4.79 Å². The van der Waals surface area contributed by atoms with Crippen LogP contribution in [0.15, 0.2) is 11.6 Å². The van der Waals surface area contributed by atoms with Gasteiger partial charge in [0.15, 0.2) is 5.78 Å². The summed E-state index contributed by atoms with van der Waals surface area (Å²) in [5.41, 5.74) is 0.530. The van der Waals surface area contributed by atoms with Crippen LogP contribution < -0.4 is 5.32 Å². The zero-order chi connectivity index (χ0) is 10.0. The molecule has 0 atom stereocenters. The lowest BCUT2D eigenvalue weighted by Crippen LogP contribution is -2.37. The zero-order valence-electron chi connectivity index (χ0n) is 8.18. The third-order valence-corrected chi connectivity index (χ3v) is 3.32. The summed E-state index contributed by atoms with van der Waals surface area (Å²) in [6.45, 7) is 2.01. The van der Waals surface area contributed by atoms with Gasteiger partial charge in [-0.15, -0.1) is 0 Å². The van der Waals surface area contributed by atoms with Gasteiger partial charge in [0.25, 0.3) is 0 Å². The van der Waals surface area contributed by atoms with E-state index in [0.29, 0.717) is 12.0 Å². The van der Waals surface area contributed by atoms with E-state index in [-0.39, 0.29) is 11.2 Å². The van der Waals surface area contributed by atoms with Gasteiger partial charge in [0.2, 0.25) is 0 Å². The molecule has 2 aliphatic rings. The summed E-state index contributed by atoms with van der Waals surface area (Å²) in [6.07, 6.45) is 5.54. The van der Waals surface area contributed by atoms with Crippen LogP contribution >= 0.6 is 0 Å². The number of allylic oxidation sites excluding steroid dienone is 2. The molecule has 14 heavy (non-hydrogen) atoms. The fourth-order valence-electron chi connectivity index (χ4n) is 2.37. The minimum atomic E-state index is 0.0247. The fraction of sp³-hybridized carbons (Fsp3) is 0.636. The lowest BCUT2D eigenvalue weighted by atomic mass is 9.70. The summed E-state index contributed by atoms with van der Waals surface area (Å²) in [5.74, 6) is 0.0247. The first-order chi connectivity index (χ1) is 6.76. The van der Waals surface area contributed by atoms with Crippen molar-refractivity contribution in [2.24, 2.45) is 5.41 Å². The molecule has 0 saturated carbocycles. The number of hydrogen-bond donors (Lipinski definition) is 1. The maximum atomic E-state index is 11.3. The average Bonchev–Trinajstić information content (AvgIpc) is 2.23. The number of piperidine rings is 1. The summed E-state index contributed by atoms with van der Waals surface area (Å²) >= 11 is 0. The fourth-order valence-corrected chi connectivity index (χ4v) is 2.37. The second kappa shape index (κ2) is 3.55. The van der Waals surface area contributed by atoms with Gasteiger partial charge in [-0.25, -0.2) is 0 Å². The van der Waals surface area contributed by atoms with Crippen LogP contribution in [0, 0.1) is 16.7 Å². The van der Waals surface area contributed by atoms with Gasteiger partial charge in [-0.1, -0.05) is 6.08 Å². The van der Waals surface area contributed by atoms with E-state index in [9.17, 15) is 4.79 Å². The Hall–Kier alpha value is -1.14. The van der Waals surface area contributed by atoms with Crippen molar-refractivity contribution in [2.45, 2.75) is 25.7 Å². The van der Waals surface area contributed by atoms with E-state index in [4.69, 9.17) is 5.26 Å². The first kappa shape index (κ1) is 9.42. The topological polar surface area (TPSA) is 52.9 Å². The summed E-state index contributed by atoms with van der Waals surface area (Å²) < 4.78 is 0. The molecule has 3 nitrogen and oxygen atoms in total. The second-order valence-electron chi connectivity index (χ2n) is 4.21. The van der Waals surface area contributed by atoms with Crippen LogP contribution in [0.4, 0.5) is 0 Å². The lowest BCUT2D eigenvalue weighted by Gasteiger charge is -2.37. The van der Waals surface area contributed by atoms with Crippen molar-refractivity contribution >= 4 is 5.78 Å². The Labute approximate surface area is 83.8 Å². The van der Waals surface area contributed by atoms with Crippen molar-refractivity contribution in [3.8, 4) is 6.07 Å². The minimum Gasteiger partial charge on any atom is -0.317 e. The van der Waals surface area contributed by atoms with Crippen LogP contribution in [-0.4, -0.2) is 18.9 Å². The highest BCUT2D eigenvalue weighted by molar-refractivity contribution is 5.99. The molecule has 0 bridgehead atoms. The third-order valence-electron chi connectivity index (χ3n) is 3.32. The van der Waals surface area contributed by atoms with E-state index < -0.39 is 0 Å². The Morgan fingerprint density at radius 3 is 2.71 bits per heavy atom. The third kappa shape index (κ3) is 1.58. The second-order valence-corrected chi connectivity index (χ2v) is 4.21. The molecule has 74 valence electrons. The molecule has 2 rings (SSSR count). The van der Waals surface area contributed by atoms with Gasteiger partial charge in [0.1, 0.15) is 6.07 Å². The highest BCUT2D eigenvalue weighted by Gasteiger charge is 2.35. The summed E-state index contributed by atoms with van der Waals surface area (Å²) in [6, 6.07) is 2.02. The van der Waals surface area contributed by atoms with Crippen LogP contribution in [-0.2, 0) is 4.79 Å². The van der Waals surface area contributed by atoms with Crippen molar-refractivity contribution in [1.82, 2.24) is 5.32 Å². The summed E-state index contributed by atoms with van der Waals surface area (Å²) in [4.78, 5) is 11.3. The molecule has 0 aromatic rings. The molecule has 1 spiro atoms. The van der Waals surface area contributed by atoms with E-state index in [1.54, 1.807) is 0 Å². The van der Waals surface area contributed by atoms with Crippen molar-refractivity contribution in [2.75, 3.05) is 13.1 Å². The molecule has 1 heterocycles. The lowest BCUT2D eigenvalue weighted by molar-refractivity contribution is -0.116. The molecular formula is C11H14N2O. The minimum absolute atomic E-state index is 0.0247. The Bertz CT molecular complexity index is 319. The van der Waals surface area contributed by atoms with Crippen molar-refractivity contribution in [3.63, 3.8) is 0 Å². The summed E-state index contributed by atoms with van der Waals surface area (Å²) in [7, 11) is 0. The van der Waals surface area contributed by atoms with Crippen molar-refractivity contribution in [1.29, 1.82) is 5.26 Å².